The maximum Gasteiger partial charge on any atom is 0.0683 e. The van der Waals surface area contributed by atoms with Crippen molar-refractivity contribution >= 4 is 0 Å². The zero-order chi connectivity index (χ0) is 11.3. The molecule has 0 radical (unpaired) electrons. The molecule has 82 valence electrons. The van der Waals surface area contributed by atoms with E-state index in [0.717, 1.165) is 24.9 Å². The second kappa shape index (κ2) is 4.99. The van der Waals surface area contributed by atoms with Crippen molar-refractivity contribution in [1.29, 1.82) is 5.26 Å². The highest BCUT2D eigenvalue weighted by Crippen LogP contribution is 2.21. The molecule has 0 unspecified atom stereocenters. The van der Waals surface area contributed by atoms with Crippen molar-refractivity contribution < 1.29 is 0 Å². The van der Waals surface area contributed by atoms with Crippen LogP contribution in [0.15, 0.2) is 18.5 Å². The Kier molecular flexibility index (Phi) is 3.93. The molecule has 0 bridgehead atoms. The molecule has 0 atom stereocenters. The minimum Gasteiger partial charge on any atom is -0.354 e. The summed E-state index contributed by atoms with van der Waals surface area (Å²) in [5.41, 5.74) is 6.48. The SMILES string of the molecule is CC(C)(C#N)CCCn1ccc(CN)c1. The van der Waals surface area contributed by atoms with Gasteiger partial charge < -0.3 is 10.3 Å². The Balaban J connectivity index is 2.35. The lowest BCUT2D eigenvalue weighted by Crippen LogP contribution is -2.09. The number of hydrogen-bond donors (Lipinski definition) is 1. The van der Waals surface area contributed by atoms with Gasteiger partial charge in [-0.1, -0.05) is 0 Å². The smallest absolute Gasteiger partial charge is 0.0683 e. The first-order valence-corrected chi connectivity index (χ1v) is 5.33. The molecule has 1 heterocycles. The molecule has 15 heavy (non-hydrogen) atoms. The van der Waals surface area contributed by atoms with Crippen molar-refractivity contribution in [2.75, 3.05) is 0 Å². The molecule has 0 fully saturated rings. The highest BCUT2D eigenvalue weighted by Gasteiger charge is 2.15. The molecule has 0 saturated carbocycles. The molecule has 0 aliphatic carbocycles. The monoisotopic (exact) mass is 205 g/mol. The summed E-state index contributed by atoms with van der Waals surface area (Å²) in [4.78, 5) is 0. The summed E-state index contributed by atoms with van der Waals surface area (Å²) >= 11 is 0. The van der Waals surface area contributed by atoms with E-state index in [-0.39, 0.29) is 5.41 Å². The maximum atomic E-state index is 8.86. The van der Waals surface area contributed by atoms with Gasteiger partial charge in [0.1, 0.15) is 0 Å². The van der Waals surface area contributed by atoms with Gasteiger partial charge in [0.05, 0.1) is 11.5 Å². The lowest BCUT2D eigenvalue weighted by Gasteiger charge is -2.14. The van der Waals surface area contributed by atoms with E-state index in [1.54, 1.807) is 0 Å². The number of nitriles is 1. The zero-order valence-electron chi connectivity index (χ0n) is 9.53. The van der Waals surface area contributed by atoms with E-state index < -0.39 is 0 Å². The molecular formula is C12H19N3. The Morgan fingerprint density at radius 3 is 2.80 bits per heavy atom. The minimum atomic E-state index is -0.205. The van der Waals surface area contributed by atoms with E-state index in [2.05, 4.69) is 16.8 Å². The predicted octanol–water partition coefficient (Wildman–Crippen LogP) is 2.28. The van der Waals surface area contributed by atoms with E-state index in [0.29, 0.717) is 6.54 Å². The van der Waals surface area contributed by atoms with Gasteiger partial charge in [-0.15, -0.1) is 0 Å². The van der Waals surface area contributed by atoms with Crippen LogP contribution in [0, 0.1) is 16.7 Å². The third-order valence-electron chi connectivity index (χ3n) is 2.57. The van der Waals surface area contributed by atoms with Crippen molar-refractivity contribution in [2.24, 2.45) is 11.1 Å². The van der Waals surface area contributed by atoms with Crippen LogP contribution in [-0.4, -0.2) is 4.57 Å². The molecule has 3 heteroatoms. The summed E-state index contributed by atoms with van der Waals surface area (Å²) in [7, 11) is 0. The first-order valence-electron chi connectivity index (χ1n) is 5.33. The summed E-state index contributed by atoms with van der Waals surface area (Å²) in [6.45, 7) is 5.52. The highest BCUT2D eigenvalue weighted by atomic mass is 14.9. The molecule has 0 aromatic carbocycles. The lowest BCUT2D eigenvalue weighted by molar-refractivity contribution is 0.416. The van der Waals surface area contributed by atoms with Crippen molar-refractivity contribution in [2.45, 2.75) is 39.8 Å². The largest absolute Gasteiger partial charge is 0.354 e. The number of nitrogens with zero attached hydrogens (tertiary/aromatic N) is 2. The van der Waals surface area contributed by atoms with Crippen LogP contribution in [0.2, 0.25) is 0 Å². The van der Waals surface area contributed by atoms with E-state index in [1.165, 1.54) is 0 Å². The van der Waals surface area contributed by atoms with Crippen LogP contribution in [0.25, 0.3) is 0 Å². The van der Waals surface area contributed by atoms with E-state index in [9.17, 15) is 0 Å². The normalized spacial score (nSPS) is 11.3. The van der Waals surface area contributed by atoms with Crippen LogP contribution in [0.4, 0.5) is 0 Å². The summed E-state index contributed by atoms with van der Waals surface area (Å²) in [6, 6.07) is 4.35. The average Bonchev–Trinajstić information content (AvgIpc) is 2.66. The van der Waals surface area contributed by atoms with Gasteiger partial charge in [0.25, 0.3) is 0 Å². The Hall–Kier alpha value is -1.27. The van der Waals surface area contributed by atoms with Crippen LogP contribution in [0.5, 0.6) is 0 Å². The van der Waals surface area contributed by atoms with Gasteiger partial charge in [-0.3, -0.25) is 0 Å². The predicted molar refractivity (Wildman–Crippen MR) is 61.0 cm³/mol. The Labute approximate surface area is 91.5 Å². The van der Waals surface area contributed by atoms with Crippen molar-refractivity contribution in [3.63, 3.8) is 0 Å². The molecule has 1 rings (SSSR count). The molecule has 0 spiro atoms. The number of nitrogens with two attached hydrogens (primary N) is 1. The van der Waals surface area contributed by atoms with Gasteiger partial charge in [-0.25, -0.2) is 0 Å². The van der Waals surface area contributed by atoms with E-state index in [4.69, 9.17) is 11.0 Å². The average molecular weight is 205 g/mol. The van der Waals surface area contributed by atoms with E-state index >= 15 is 0 Å². The third-order valence-corrected chi connectivity index (χ3v) is 2.57. The summed E-state index contributed by atoms with van der Waals surface area (Å²) in [5, 5.41) is 8.86. The Morgan fingerprint density at radius 1 is 1.53 bits per heavy atom. The van der Waals surface area contributed by atoms with Crippen LogP contribution in [-0.2, 0) is 13.1 Å². The Morgan fingerprint density at radius 2 is 2.27 bits per heavy atom. The molecule has 0 amide bonds. The number of aromatic nitrogens is 1. The fourth-order valence-corrected chi connectivity index (χ4v) is 1.51. The topological polar surface area (TPSA) is 54.7 Å². The number of rotatable bonds is 5. The van der Waals surface area contributed by atoms with Gasteiger partial charge in [0.15, 0.2) is 0 Å². The second-order valence-electron chi connectivity index (χ2n) is 4.56. The summed E-state index contributed by atoms with van der Waals surface area (Å²) in [5.74, 6) is 0. The van der Waals surface area contributed by atoms with Crippen LogP contribution < -0.4 is 5.73 Å². The molecule has 2 N–H and O–H groups in total. The molecule has 3 nitrogen and oxygen atoms in total. The third kappa shape index (κ3) is 3.77. The van der Waals surface area contributed by atoms with E-state index in [1.807, 2.05) is 26.1 Å². The summed E-state index contributed by atoms with van der Waals surface area (Å²) in [6.07, 6.45) is 6.07. The standard InChI is InChI=1S/C12H19N3/c1-12(2,10-14)5-3-6-15-7-4-11(8-13)9-15/h4,7,9H,3,5-6,8,13H2,1-2H3. The van der Waals surface area contributed by atoms with Gasteiger partial charge in [-0.05, 0) is 38.3 Å². The fourth-order valence-electron chi connectivity index (χ4n) is 1.51. The molecule has 0 aliphatic rings. The van der Waals surface area contributed by atoms with Crippen molar-refractivity contribution in [3.8, 4) is 6.07 Å². The lowest BCUT2D eigenvalue weighted by atomic mass is 9.90. The zero-order valence-corrected chi connectivity index (χ0v) is 9.53. The first kappa shape index (κ1) is 11.8. The quantitative estimate of drug-likeness (QED) is 0.801. The van der Waals surface area contributed by atoms with Crippen LogP contribution >= 0.6 is 0 Å². The fraction of sp³-hybridized carbons (Fsp3) is 0.583. The first-order chi connectivity index (χ1) is 7.07. The Bertz CT molecular complexity index is 344. The number of hydrogen-bond acceptors (Lipinski definition) is 2. The van der Waals surface area contributed by atoms with Crippen molar-refractivity contribution in [3.05, 3.63) is 24.0 Å². The van der Waals surface area contributed by atoms with Gasteiger partial charge in [0, 0.05) is 25.5 Å². The van der Waals surface area contributed by atoms with Crippen molar-refractivity contribution in [1.82, 2.24) is 4.57 Å². The molecule has 1 aromatic heterocycles. The minimum absolute atomic E-state index is 0.205. The second-order valence-corrected chi connectivity index (χ2v) is 4.56. The van der Waals surface area contributed by atoms with Gasteiger partial charge >= 0.3 is 0 Å². The number of aryl methyl sites for hydroxylation is 1. The highest BCUT2D eigenvalue weighted by molar-refractivity contribution is 5.09. The maximum absolute atomic E-state index is 8.86. The molecule has 0 aliphatic heterocycles. The van der Waals surface area contributed by atoms with Crippen LogP contribution in [0.3, 0.4) is 0 Å². The molecule has 0 saturated heterocycles. The molecular weight excluding hydrogens is 186 g/mol. The van der Waals surface area contributed by atoms with Crippen LogP contribution in [0.1, 0.15) is 32.3 Å². The van der Waals surface area contributed by atoms with Gasteiger partial charge in [-0.2, -0.15) is 5.26 Å². The summed E-state index contributed by atoms with van der Waals surface area (Å²) < 4.78 is 2.13. The van der Waals surface area contributed by atoms with Gasteiger partial charge in [0.2, 0.25) is 0 Å². The molecule has 1 aromatic rings.